The molecule has 0 radical (unpaired) electrons. The van der Waals surface area contributed by atoms with Crippen LogP contribution in [0, 0.1) is 13.8 Å². The minimum atomic E-state index is -3.54. The van der Waals surface area contributed by atoms with Gasteiger partial charge in [0.2, 0.25) is 10.0 Å². The summed E-state index contributed by atoms with van der Waals surface area (Å²) in [5.74, 6) is 0.350. The van der Waals surface area contributed by atoms with Crippen LogP contribution in [0.25, 0.3) is 0 Å². The lowest BCUT2D eigenvalue weighted by Gasteiger charge is -2.34. The van der Waals surface area contributed by atoms with Gasteiger partial charge in [0.15, 0.2) is 5.76 Å². The summed E-state index contributed by atoms with van der Waals surface area (Å²) >= 11 is 3.56. The molecule has 0 amide bonds. The Morgan fingerprint density at radius 3 is 2.42 bits per heavy atom. The van der Waals surface area contributed by atoms with E-state index >= 15 is 0 Å². The fourth-order valence-electron chi connectivity index (χ4n) is 2.97. The molecule has 0 N–H and O–H groups in total. The molecule has 6 nitrogen and oxygen atoms in total. The quantitative estimate of drug-likeness (QED) is 0.770. The molecule has 2 aromatic rings. The molecule has 0 saturated carbocycles. The molecular formula is C16H20BrN3O3S. The van der Waals surface area contributed by atoms with Crippen molar-refractivity contribution in [3.05, 3.63) is 45.8 Å². The Bertz CT molecular complexity index is 807. The summed E-state index contributed by atoms with van der Waals surface area (Å²) in [5.41, 5.74) is 1.63. The summed E-state index contributed by atoms with van der Waals surface area (Å²) in [5, 5.41) is 3.76. The molecule has 2 heterocycles. The highest BCUT2D eigenvalue weighted by Gasteiger charge is 2.33. The van der Waals surface area contributed by atoms with E-state index in [1.54, 1.807) is 13.8 Å². The predicted octanol–water partition coefficient (Wildman–Crippen LogP) is 2.56. The van der Waals surface area contributed by atoms with Crippen molar-refractivity contribution in [1.29, 1.82) is 0 Å². The molecule has 0 spiro atoms. The second-order valence-electron chi connectivity index (χ2n) is 5.92. The minimum absolute atomic E-state index is 0.210. The number of aromatic nitrogens is 1. The monoisotopic (exact) mass is 413 g/mol. The van der Waals surface area contributed by atoms with E-state index in [2.05, 4.69) is 32.1 Å². The maximum atomic E-state index is 12.8. The number of rotatable bonds is 4. The van der Waals surface area contributed by atoms with Crippen LogP contribution in [0.2, 0.25) is 0 Å². The molecular weight excluding hydrogens is 394 g/mol. The van der Waals surface area contributed by atoms with E-state index in [4.69, 9.17) is 4.52 Å². The van der Waals surface area contributed by atoms with Gasteiger partial charge >= 0.3 is 0 Å². The molecule has 1 aromatic heterocycles. The Morgan fingerprint density at radius 1 is 1.17 bits per heavy atom. The van der Waals surface area contributed by atoms with Crippen LogP contribution >= 0.6 is 15.9 Å². The first-order chi connectivity index (χ1) is 11.4. The zero-order chi connectivity index (χ0) is 17.3. The normalized spacial score (nSPS) is 17.3. The summed E-state index contributed by atoms with van der Waals surface area (Å²) in [6.07, 6.45) is 0. The van der Waals surface area contributed by atoms with Crippen molar-refractivity contribution in [2.24, 2.45) is 0 Å². The first-order valence-corrected chi connectivity index (χ1v) is 10.0. The fraction of sp³-hybridized carbons (Fsp3) is 0.438. The molecule has 1 aromatic carbocycles. The van der Waals surface area contributed by atoms with Gasteiger partial charge in [0.1, 0.15) is 10.6 Å². The molecule has 0 bridgehead atoms. The molecule has 1 saturated heterocycles. The van der Waals surface area contributed by atoms with Gasteiger partial charge in [-0.05, 0) is 25.5 Å². The Hall–Kier alpha value is -1.22. The van der Waals surface area contributed by atoms with Crippen LogP contribution in [0.4, 0.5) is 0 Å². The highest BCUT2D eigenvalue weighted by atomic mass is 79.9. The molecule has 8 heteroatoms. The third kappa shape index (κ3) is 3.42. The van der Waals surface area contributed by atoms with Gasteiger partial charge in [0.25, 0.3) is 0 Å². The Balaban J connectivity index is 1.68. The van der Waals surface area contributed by atoms with Gasteiger partial charge in [0, 0.05) is 37.2 Å². The summed E-state index contributed by atoms with van der Waals surface area (Å²) in [4.78, 5) is 2.47. The van der Waals surface area contributed by atoms with E-state index < -0.39 is 10.0 Å². The third-order valence-corrected chi connectivity index (χ3v) is 7.17. The van der Waals surface area contributed by atoms with Crippen molar-refractivity contribution in [3.63, 3.8) is 0 Å². The lowest BCUT2D eigenvalue weighted by atomic mass is 10.2. The van der Waals surface area contributed by atoms with Gasteiger partial charge in [-0.15, -0.1) is 0 Å². The summed E-state index contributed by atoms with van der Waals surface area (Å²) in [6, 6.07) is 8.10. The highest BCUT2D eigenvalue weighted by Crippen LogP contribution is 2.25. The lowest BCUT2D eigenvalue weighted by molar-refractivity contribution is 0.181. The van der Waals surface area contributed by atoms with E-state index in [0.29, 0.717) is 37.6 Å². The maximum absolute atomic E-state index is 12.8. The van der Waals surface area contributed by atoms with Crippen molar-refractivity contribution >= 4 is 26.0 Å². The van der Waals surface area contributed by atoms with Crippen LogP contribution in [0.3, 0.4) is 0 Å². The van der Waals surface area contributed by atoms with Gasteiger partial charge in [0.05, 0.1) is 0 Å². The van der Waals surface area contributed by atoms with Crippen LogP contribution in [0.1, 0.15) is 17.0 Å². The minimum Gasteiger partial charge on any atom is -0.360 e. The number of halogens is 1. The zero-order valence-electron chi connectivity index (χ0n) is 13.7. The SMILES string of the molecule is Cc1noc(C)c1S(=O)(=O)N1CCN(Cc2ccccc2Br)CC1. The third-order valence-electron chi connectivity index (χ3n) is 4.25. The van der Waals surface area contributed by atoms with Gasteiger partial charge in [-0.25, -0.2) is 8.42 Å². The van der Waals surface area contributed by atoms with Gasteiger partial charge in [-0.3, -0.25) is 4.90 Å². The van der Waals surface area contributed by atoms with Gasteiger partial charge < -0.3 is 4.52 Å². The predicted molar refractivity (Wildman–Crippen MR) is 94.2 cm³/mol. The number of hydrogen-bond donors (Lipinski definition) is 0. The number of benzene rings is 1. The number of aryl methyl sites for hydroxylation is 2. The van der Waals surface area contributed by atoms with Crippen LogP contribution in [0.15, 0.2) is 38.2 Å². The number of nitrogens with zero attached hydrogens (tertiary/aromatic N) is 3. The standard InChI is InChI=1S/C16H20BrN3O3S/c1-12-16(13(2)23-18-12)24(21,22)20-9-7-19(8-10-20)11-14-5-3-4-6-15(14)17/h3-6H,7-11H2,1-2H3. The molecule has 0 unspecified atom stereocenters. The first kappa shape index (κ1) is 17.6. The lowest BCUT2D eigenvalue weighted by Crippen LogP contribution is -2.48. The molecule has 1 aliphatic heterocycles. The molecule has 3 rings (SSSR count). The molecule has 24 heavy (non-hydrogen) atoms. The van der Waals surface area contributed by atoms with Crippen LogP contribution in [0.5, 0.6) is 0 Å². The van der Waals surface area contributed by atoms with Gasteiger partial charge in [-0.2, -0.15) is 4.31 Å². The second kappa shape index (κ2) is 6.95. The summed E-state index contributed by atoms with van der Waals surface area (Å²) < 4.78 is 33.2. The van der Waals surface area contributed by atoms with E-state index in [1.165, 1.54) is 9.87 Å². The number of piperazine rings is 1. The molecule has 130 valence electrons. The largest absolute Gasteiger partial charge is 0.360 e. The summed E-state index contributed by atoms with van der Waals surface area (Å²) in [7, 11) is -3.54. The first-order valence-electron chi connectivity index (χ1n) is 7.78. The van der Waals surface area contributed by atoms with Gasteiger partial charge in [-0.1, -0.05) is 39.3 Å². The van der Waals surface area contributed by atoms with E-state index in [9.17, 15) is 8.42 Å². The van der Waals surface area contributed by atoms with Crippen molar-refractivity contribution in [1.82, 2.24) is 14.4 Å². The molecule has 1 fully saturated rings. The average Bonchev–Trinajstić information content (AvgIpc) is 2.89. The van der Waals surface area contributed by atoms with Crippen LogP contribution in [-0.2, 0) is 16.6 Å². The fourth-order valence-corrected chi connectivity index (χ4v) is 5.09. The van der Waals surface area contributed by atoms with E-state index in [0.717, 1.165) is 11.0 Å². The van der Waals surface area contributed by atoms with Crippen molar-refractivity contribution < 1.29 is 12.9 Å². The number of hydrogen-bond acceptors (Lipinski definition) is 5. The Kier molecular flexibility index (Phi) is 5.10. The topological polar surface area (TPSA) is 66.7 Å². The highest BCUT2D eigenvalue weighted by molar-refractivity contribution is 9.10. The zero-order valence-corrected chi connectivity index (χ0v) is 16.1. The maximum Gasteiger partial charge on any atom is 0.248 e. The van der Waals surface area contributed by atoms with Crippen molar-refractivity contribution in [3.8, 4) is 0 Å². The Labute approximate surface area is 150 Å². The smallest absolute Gasteiger partial charge is 0.248 e. The molecule has 1 aliphatic rings. The van der Waals surface area contributed by atoms with E-state index in [1.807, 2.05) is 18.2 Å². The van der Waals surface area contributed by atoms with Crippen molar-refractivity contribution in [2.75, 3.05) is 26.2 Å². The number of sulfonamides is 1. The second-order valence-corrected chi connectivity index (χ2v) is 8.65. The van der Waals surface area contributed by atoms with Crippen LogP contribution in [-0.4, -0.2) is 49.0 Å². The van der Waals surface area contributed by atoms with Crippen LogP contribution < -0.4 is 0 Å². The molecule has 0 atom stereocenters. The Morgan fingerprint density at radius 2 is 1.83 bits per heavy atom. The van der Waals surface area contributed by atoms with E-state index in [-0.39, 0.29) is 4.90 Å². The van der Waals surface area contributed by atoms with Crippen molar-refractivity contribution in [2.45, 2.75) is 25.3 Å². The molecule has 0 aliphatic carbocycles. The summed E-state index contributed by atoms with van der Waals surface area (Å²) in [6.45, 7) is 6.44. The average molecular weight is 414 g/mol.